The van der Waals surface area contributed by atoms with Crippen LogP contribution in [-0.2, 0) is 0 Å². The number of amides is 1. The van der Waals surface area contributed by atoms with Gasteiger partial charge in [0.15, 0.2) is 0 Å². The van der Waals surface area contributed by atoms with Gasteiger partial charge >= 0.3 is 0 Å². The zero-order valence-corrected chi connectivity index (χ0v) is 15.2. The zero-order chi connectivity index (χ0) is 19.1. The predicted molar refractivity (Wildman–Crippen MR) is 110 cm³/mol. The Morgan fingerprint density at radius 2 is 1.71 bits per heavy atom. The van der Waals surface area contributed by atoms with Gasteiger partial charge in [0.25, 0.3) is 5.91 Å². The second-order valence-electron chi connectivity index (χ2n) is 6.59. The lowest BCUT2D eigenvalue weighted by Gasteiger charge is -2.03. The third kappa shape index (κ3) is 2.63. The number of H-pyrrole nitrogens is 2. The molecule has 0 aliphatic heterocycles. The molecule has 5 aromatic rings. The fraction of sp³-hybridized carbons (Fsp3) is 0.0455. The van der Waals surface area contributed by atoms with Crippen molar-refractivity contribution in [3.63, 3.8) is 0 Å². The van der Waals surface area contributed by atoms with Crippen LogP contribution in [0.3, 0.4) is 0 Å². The molecular formula is C22H17N5O. The van der Waals surface area contributed by atoms with Crippen LogP contribution in [0.2, 0.25) is 0 Å². The van der Waals surface area contributed by atoms with Gasteiger partial charge in [-0.2, -0.15) is 5.10 Å². The number of nitrogens with one attached hydrogen (secondary N) is 3. The van der Waals surface area contributed by atoms with E-state index in [0.717, 1.165) is 44.6 Å². The Bertz CT molecular complexity index is 1280. The van der Waals surface area contributed by atoms with Gasteiger partial charge in [-0.1, -0.05) is 24.3 Å². The molecule has 6 heteroatoms. The van der Waals surface area contributed by atoms with E-state index >= 15 is 0 Å². The first-order valence-electron chi connectivity index (χ1n) is 8.99. The van der Waals surface area contributed by atoms with E-state index in [1.807, 2.05) is 48.5 Å². The molecule has 136 valence electrons. The fourth-order valence-electron chi connectivity index (χ4n) is 3.39. The van der Waals surface area contributed by atoms with Crippen LogP contribution in [0.1, 0.15) is 10.4 Å². The molecule has 3 aromatic carbocycles. The normalized spacial score (nSPS) is 11.2. The third-order valence-corrected chi connectivity index (χ3v) is 4.87. The molecule has 0 spiro atoms. The molecule has 5 rings (SSSR count). The van der Waals surface area contributed by atoms with E-state index in [2.05, 4.69) is 31.5 Å². The van der Waals surface area contributed by atoms with Crippen molar-refractivity contribution in [1.29, 1.82) is 0 Å². The number of fused-ring (bicyclic) bond motifs is 2. The average molecular weight is 367 g/mol. The van der Waals surface area contributed by atoms with Gasteiger partial charge in [0.05, 0.1) is 22.2 Å². The summed E-state index contributed by atoms with van der Waals surface area (Å²) < 4.78 is 0. The highest BCUT2D eigenvalue weighted by molar-refractivity contribution is 5.97. The second-order valence-corrected chi connectivity index (χ2v) is 6.59. The van der Waals surface area contributed by atoms with Crippen molar-refractivity contribution in [2.75, 3.05) is 7.05 Å². The summed E-state index contributed by atoms with van der Waals surface area (Å²) in [6.07, 6.45) is 0. The molecule has 0 fully saturated rings. The monoisotopic (exact) mass is 367 g/mol. The molecule has 0 aliphatic carbocycles. The van der Waals surface area contributed by atoms with Crippen molar-refractivity contribution in [1.82, 2.24) is 25.5 Å². The first kappa shape index (κ1) is 16.3. The molecular weight excluding hydrogens is 350 g/mol. The number of aromatic nitrogens is 4. The molecule has 2 heterocycles. The van der Waals surface area contributed by atoms with Gasteiger partial charge in [-0.15, -0.1) is 0 Å². The number of aromatic amines is 2. The summed E-state index contributed by atoms with van der Waals surface area (Å²) in [5, 5.41) is 11.2. The minimum Gasteiger partial charge on any atom is -0.355 e. The quantitative estimate of drug-likeness (QED) is 0.448. The summed E-state index contributed by atoms with van der Waals surface area (Å²) in [7, 11) is 1.62. The van der Waals surface area contributed by atoms with E-state index in [1.165, 1.54) is 0 Å². The zero-order valence-electron chi connectivity index (χ0n) is 15.2. The topological polar surface area (TPSA) is 86.5 Å². The molecule has 0 bridgehead atoms. The molecule has 3 N–H and O–H groups in total. The number of imidazole rings is 1. The standard InChI is InChI=1S/C22H17N5O/c1-23-22(28)14-8-6-13(7-9-14)20-16-12-15(10-11-17(16)26-27-20)21-24-18-4-2-3-5-19(18)25-21/h2-12H,1H3,(H,23,28)(H,24,25)(H,26,27). The van der Waals surface area contributed by atoms with E-state index in [-0.39, 0.29) is 5.91 Å². The summed E-state index contributed by atoms with van der Waals surface area (Å²) in [5.74, 6) is 0.718. The van der Waals surface area contributed by atoms with E-state index in [9.17, 15) is 4.79 Å². The molecule has 0 saturated heterocycles. The molecule has 0 aliphatic rings. The molecule has 0 unspecified atom stereocenters. The van der Waals surface area contributed by atoms with Crippen molar-refractivity contribution >= 4 is 27.8 Å². The minimum atomic E-state index is -0.106. The van der Waals surface area contributed by atoms with Gasteiger partial charge in [0, 0.05) is 29.1 Å². The molecule has 2 aromatic heterocycles. The van der Waals surface area contributed by atoms with Crippen LogP contribution in [0.15, 0.2) is 66.7 Å². The lowest BCUT2D eigenvalue weighted by atomic mass is 10.0. The van der Waals surface area contributed by atoms with Crippen LogP contribution in [0.25, 0.3) is 44.6 Å². The molecule has 0 atom stereocenters. The highest BCUT2D eigenvalue weighted by Gasteiger charge is 2.12. The van der Waals surface area contributed by atoms with Crippen molar-refractivity contribution in [2.45, 2.75) is 0 Å². The van der Waals surface area contributed by atoms with E-state index in [4.69, 9.17) is 0 Å². The summed E-state index contributed by atoms with van der Waals surface area (Å²) in [4.78, 5) is 19.8. The Labute approximate surface area is 160 Å². The summed E-state index contributed by atoms with van der Waals surface area (Å²) in [5.41, 5.74) is 6.30. The van der Waals surface area contributed by atoms with Crippen LogP contribution in [0, 0.1) is 0 Å². The van der Waals surface area contributed by atoms with E-state index < -0.39 is 0 Å². The Hall–Kier alpha value is -3.93. The summed E-state index contributed by atoms with van der Waals surface area (Å²) >= 11 is 0. The van der Waals surface area contributed by atoms with Gasteiger partial charge < -0.3 is 10.3 Å². The number of para-hydroxylation sites is 2. The Morgan fingerprint density at radius 1 is 0.929 bits per heavy atom. The summed E-state index contributed by atoms with van der Waals surface area (Å²) in [6.45, 7) is 0. The van der Waals surface area contributed by atoms with Crippen LogP contribution < -0.4 is 5.32 Å². The second kappa shape index (κ2) is 6.35. The molecule has 0 radical (unpaired) electrons. The first-order chi connectivity index (χ1) is 13.7. The maximum absolute atomic E-state index is 11.8. The van der Waals surface area contributed by atoms with Crippen LogP contribution >= 0.6 is 0 Å². The fourth-order valence-corrected chi connectivity index (χ4v) is 3.39. The lowest BCUT2D eigenvalue weighted by molar-refractivity contribution is 0.0963. The van der Waals surface area contributed by atoms with Crippen molar-refractivity contribution in [2.24, 2.45) is 0 Å². The highest BCUT2D eigenvalue weighted by Crippen LogP contribution is 2.30. The number of carbonyl (C=O) groups excluding carboxylic acids is 1. The van der Waals surface area contributed by atoms with E-state index in [1.54, 1.807) is 19.2 Å². The SMILES string of the molecule is CNC(=O)c1ccc(-c2n[nH]c3ccc(-c4nc5ccccc5[nH]4)cc23)cc1. The minimum absolute atomic E-state index is 0.106. The number of rotatable bonds is 3. The molecule has 28 heavy (non-hydrogen) atoms. The van der Waals surface area contributed by atoms with Gasteiger partial charge in [0.1, 0.15) is 5.82 Å². The van der Waals surface area contributed by atoms with Gasteiger partial charge in [-0.05, 0) is 42.5 Å². The smallest absolute Gasteiger partial charge is 0.251 e. The van der Waals surface area contributed by atoms with Crippen molar-refractivity contribution in [3.8, 4) is 22.6 Å². The van der Waals surface area contributed by atoms with Gasteiger partial charge in [-0.3, -0.25) is 9.89 Å². The maximum Gasteiger partial charge on any atom is 0.251 e. The van der Waals surface area contributed by atoms with Crippen LogP contribution in [0.4, 0.5) is 0 Å². The molecule has 6 nitrogen and oxygen atoms in total. The van der Waals surface area contributed by atoms with Crippen LogP contribution in [0.5, 0.6) is 0 Å². The highest BCUT2D eigenvalue weighted by atomic mass is 16.1. The maximum atomic E-state index is 11.8. The van der Waals surface area contributed by atoms with Crippen LogP contribution in [-0.4, -0.2) is 33.1 Å². The number of hydrogen-bond acceptors (Lipinski definition) is 3. The Morgan fingerprint density at radius 3 is 2.50 bits per heavy atom. The molecule has 1 amide bonds. The Kier molecular flexibility index (Phi) is 3.69. The van der Waals surface area contributed by atoms with Crippen molar-refractivity contribution in [3.05, 3.63) is 72.3 Å². The number of nitrogens with zero attached hydrogens (tertiary/aromatic N) is 2. The average Bonchev–Trinajstić information content (AvgIpc) is 3.37. The van der Waals surface area contributed by atoms with Gasteiger partial charge in [-0.25, -0.2) is 4.98 Å². The summed E-state index contributed by atoms with van der Waals surface area (Å²) in [6, 6.07) is 21.5. The molecule has 0 saturated carbocycles. The van der Waals surface area contributed by atoms with Crippen molar-refractivity contribution < 1.29 is 4.79 Å². The van der Waals surface area contributed by atoms with E-state index in [0.29, 0.717) is 5.56 Å². The number of hydrogen-bond donors (Lipinski definition) is 3. The number of benzene rings is 3. The lowest BCUT2D eigenvalue weighted by Crippen LogP contribution is -2.17. The number of carbonyl (C=O) groups is 1. The first-order valence-corrected chi connectivity index (χ1v) is 8.99. The third-order valence-electron chi connectivity index (χ3n) is 4.87. The predicted octanol–water partition coefficient (Wildman–Crippen LogP) is 4.13. The van der Waals surface area contributed by atoms with Gasteiger partial charge in [0.2, 0.25) is 0 Å². The largest absolute Gasteiger partial charge is 0.355 e. The Balaban J connectivity index is 1.59.